The molecule has 3 amide bonds. The van der Waals surface area contributed by atoms with E-state index in [1.165, 1.54) is 11.1 Å². The summed E-state index contributed by atoms with van der Waals surface area (Å²) in [6, 6.07) is 21.7. The number of rotatable bonds is 6. The summed E-state index contributed by atoms with van der Waals surface area (Å²) >= 11 is 6.25. The van der Waals surface area contributed by atoms with Crippen LogP contribution in [0.15, 0.2) is 66.7 Å². The number of benzene rings is 3. The number of amides is 3. The van der Waals surface area contributed by atoms with E-state index < -0.39 is 0 Å². The van der Waals surface area contributed by atoms with Gasteiger partial charge in [0.25, 0.3) is 5.91 Å². The Morgan fingerprint density at radius 3 is 2.68 bits per heavy atom. The molecular formula is C30H34ClN5O2. The summed E-state index contributed by atoms with van der Waals surface area (Å²) in [5.41, 5.74) is 5.78. The summed E-state index contributed by atoms with van der Waals surface area (Å²) in [7, 11) is 0. The Labute approximate surface area is 229 Å². The summed E-state index contributed by atoms with van der Waals surface area (Å²) in [6.07, 6.45) is 2.74. The smallest absolute Gasteiger partial charge is 0.317 e. The Morgan fingerprint density at radius 2 is 1.84 bits per heavy atom. The molecular weight excluding hydrogens is 498 g/mol. The average molecular weight is 532 g/mol. The molecule has 1 saturated heterocycles. The number of nitrogens with zero attached hydrogens (tertiary/aromatic N) is 2. The maximum atomic E-state index is 13.4. The predicted molar refractivity (Wildman–Crippen MR) is 154 cm³/mol. The molecule has 1 unspecified atom stereocenters. The number of hydrogen-bond donors (Lipinski definition) is 3. The number of fused-ring (bicyclic) bond motifs is 1. The third-order valence-electron chi connectivity index (χ3n) is 7.25. The number of hydrogen-bond acceptors (Lipinski definition) is 4. The van der Waals surface area contributed by atoms with Gasteiger partial charge < -0.3 is 25.8 Å². The SMILES string of the molecule is CCNC(=O)N1CCCN(c2ccc(C(=O)NC3CCc4ccccc43)cc2Nc2cccc(Cl)c2)CC1. The second-order valence-corrected chi connectivity index (χ2v) is 10.2. The third-order valence-corrected chi connectivity index (χ3v) is 7.49. The first-order valence-corrected chi connectivity index (χ1v) is 13.7. The van der Waals surface area contributed by atoms with Crippen molar-refractivity contribution in [1.29, 1.82) is 0 Å². The van der Waals surface area contributed by atoms with Crippen LogP contribution in [0.25, 0.3) is 0 Å². The van der Waals surface area contributed by atoms with Crippen LogP contribution in [-0.2, 0) is 6.42 Å². The maximum absolute atomic E-state index is 13.4. The molecule has 0 saturated carbocycles. The molecule has 0 radical (unpaired) electrons. The Kier molecular flexibility index (Phi) is 8.03. The molecule has 38 heavy (non-hydrogen) atoms. The minimum absolute atomic E-state index is 0.0212. The highest BCUT2D eigenvalue weighted by atomic mass is 35.5. The van der Waals surface area contributed by atoms with Gasteiger partial charge in [-0.05, 0) is 73.7 Å². The van der Waals surface area contributed by atoms with Crippen molar-refractivity contribution in [3.8, 4) is 0 Å². The summed E-state index contributed by atoms with van der Waals surface area (Å²) in [5.74, 6) is -0.0920. The van der Waals surface area contributed by atoms with Crippen molar-refractivity contribution in [1.82, 2.24) is 15.5 Å². The molecule has 3 N–H and O–H groups in total. The Morgan fingerprint density at radius 1 is 0.974 bits per heavy atom. The van der Waals surface area contributed by atoms with Crippen LogP contribution < -0.4 is 20.9 Å². The van der Waals surface area contributed by atoms with Gasteiger partial charge in [-0.15, -0.1) is 0 Å². The van der Waals surface area contributed by atoms with Crippen LogP contribution in [0.4, 0.5) is 21.9 Å². The highest BCUT2D eigenvalue weighted by molar-refractivity contribution is 6.30. The van der Waals surface area contributed by atoms with Gasteiger partial charge >= 0.3 is 6.03 Å². The van der Waals surface area contributed by atoms with E-state index in [9.17, 15) is 9.59 Å². The molecule has 1 fully saturated rings. The lowest BCUT2D eigenvalue weighted by Crippen LogP contribution is -2.42. The van der Waals surface area contributed by atoms with E-state index in [1.54, 1.807) is 0 Å². The normalized spacial score (nSPS) is 16.9. The molecule has 0 bridgehead atoms. The monoisotopic (exact) mass is 531 g/mol. The molecule has 0 spiro atoms. The fraction of sp³-hybridized carbons (Fsp3) is 0.333. The lowest BCUT2D eigenvalue weighted by molar-refractivity contribution is 0.0936. The molecule has 1 aliphatic carbocycles. The number of nitrogens with one attached hydrogen (secondary N) is 3. The summed E-state index contributed by atoms with van der Waals surface area (Å²) in [6.45, 7) is 5.40. The fourth-order valence-electron chi connectivity index (χ4n) is 5.35. The number of carbonyl (C=O) groups is 2. The lowest BCUT2D eigenvalue weighted by Gasteiger charge is -2.27. The van der Waals surface area contributed by atoms with Crippen molar-refractivity contribution in [2.24, 2.45) is 0 Å². The van der Waals surface area contributed by atoms with Crippen LogP contribution in [0.5, 0.6) is 0 Å². The van der Waals surface area contributed by atoms with Crippen molar-refractivity contribution < 1.29 is 9.59 Å². The third kappa shape index (κ3) is 5.89. The molecule has 5 rings (SSSR count). The summed E-state index contributed by atoms with van der Waals surface area (Å²) in [4.78, 5) is 29.9. The van der Waals surface area contributed by atoms with Crippen molar-refractivity contribution in [2.45, 2.75) is 32.2 Å². The quantitative estimate of drug-likeness (QED) is 0.379. The molecule has 2 aliphatic rings. The first-order chi connectivity index (χ1) is 18.5. The molecule has 8 heteroatoms. The van der Waals surface area contributed by atoms with Crippen LogP contribution in [-0.4, -0.2) is 49.6 Å². The zero-order valence-corrected chi connectivity index (χ0v) is 22.4. The van der Waals surface area contributed by atoms with Gasteiger partial charge in [0.15, 0.2) is 0 Å². The topological polar surface area (TPSA) is 76.7 Å². The standard InChI is InChI=1S/C30H34ClN5O2/c1-2-32-30(38)36-16-6-15-35(17-18-36)28-14-12-22(19-27(28)33-24-9-5-8-23(31)20-24)29(37)34-26-13-11-21-7-3-4-10-25(21)26/h3-5,7-10,12,14,19-20,26,33H,2,6,11,13,15-18H2,1H3,(H,32,38)(H,34,37). The van der Waals surface area contributed by atoms with E-state index in [-0.39, 0.29) is 18.0 Å². The van der Waals surface area contributed by atoms with Gasteiger partial charge in [0, 0.05) is 49.0 Å². The van der Waals surface area contributed by atoms with Gasteiger partial charge in [-0.1, -0.05) is 41.9 Å². The number of urea groups is 1. The van der Waals surface area contributed by atoms with E-state index in [4.69, 9.17) is 11.6 Å². The van der Waals surface area contributed by atoms with E-state index >= 15 is 0 Å². The van der Waals surface area contributed by atoms with E-state index in [2.05, 4.69) is 33.0 Å². The molecule has 198 valence electrons. The first kappa shape index (κ1) is 25.9. The number of carbonyl (C=O) groups excluding carboxylic acids is 2. The van der Waals surface area contributed by atoms with E-state index in [0.29, 0.717) is 36.8 Å². The zero-order chi connectivity index (χ0) is 26.5. The van der Waals surface area contributed by atoms with Gasteiger partial charge in [-0.2, -0.15) is 0 Å². The van der Waals surface area contributed by atoms with Gasteiger partial charge in [0.2, 0.25) is 0 Å². The van der Waals surface area contributed by atoms with E-state index in [0.717, 1.165) is 42.9 Å². The Balaban J connectivity index is 1.39. The molecule has 0 aromatic heterocycles. The number of halogens is 1. The Hall–Kier alpha value is -3.71. The zero-order valence-electron chi connectivity index (χ0n) is 21.7. The lowest BCUT2D eigenvalue weighted by atomic mass is 10.1. The van der Waals surface area contributed by atoms with Crippen LogP contribution >= 0.6 is 11.6 Å². The van der Waals surface area contributed by atoms with Crippen LogP contribution in [0.2, 0.25) is 5.02 Å². The van der Waals surface area contributed by atoms with Gasteiger partial charge in [0.1, 0.15) is 0 Å². The van der Waals surface area contributed by atoms with Crippen molar-refractivity contribution >= 4 is 40.6 Å². The first-order valence-electron chi connectivity index (χ1n) is 13.3. The highest BCUT2D eigenvalue weighted by Crippen LogP contribution is 2.34. The van der Waals surface area contributed by atoms with Crippen LogP contribution in [0, 0.1) is 0 Å². The molecule has 1 atom stereocenters. The molecule has 3 aromatic rings. The number of aryl methyl sites for hydroxylation is 1. The fourth-order valence-corrected chi connectivity index (χ4v) is 5.54. The maximum Gasteiger partial charge on any atom is 0.317 e. The minimum Gasteiger partial charge on any atom is -0.368 e. The summed E-state index contributed by atoms with van der Waals surface area (Å²) < 4.78 is 0. The van der Waals surface area contributed by atoms with Gasteiger partial charge in [-0.3, -0.25) is 4.79 Å². The van der Waals surface area contributed by atoms with Crippen LogP contribution in [0.3, 0.4) is 0 Å². The Bertz CT molecular complexity index is 1310. The predicted octanol–water partition coefficient (Wildman–Crippen LogP) is 5.74. The van der Waals surface area contributed by atoms with E-state index in [1.807, 2.05) is 66.4 Å². The molecule has 1 heterocycles. The van der Waals surface area contributed by atoms with Crippen LogP contribution in [0.1, 0.15) is 47.3 Å². The second kappa shape index (κ2) is 11.8. The minimum atomic E-state index is -0.0920. The van der Waals surface area contributed by atoms with Gasteiger partial charge in [0.05, 0.1) is 17.4 Å². The number of anilines is 3. The summed E-state index contributed by atoms with van der Waals surface area (Å²) in [5, 5.41) is 10.3. The van der Waals surface area contributed by atoms with Crippen molar-refractivity contribution in [3.63, 3.8) is 0 Å². The largest absolute Gasteiger partial charge is 0.368 e. The van der Waals surface area contributed by atoms with Crippen molar-refractivity contribution in [2.75, 3.05) is 42.9 Å². The molecule has 7 nitrogen and oxygen atoms in total. The second-order valence-electron chi connectivity index (χ2n) is 9.79. The molecule has 1 aliphatic heterocycles. The highest BCUT2D eigenvalue weighted by Gasteiger charge is 2.25. The average Bonchev–Trinajstić information content (AvgIpc) is 3.15. The molecule has 3 aromatic carbocycles. The van der Waals surface area contributed by atoms with Crippen molar-refractivity contribution in [3.05, 3.63) is 88.4 Å². The van der Waals surface area contributed by atoms with Gasteiger partial charge in [-0.25, -0.2) is 4.79 Å².